The molecule has 0 aromatic heterocycles. The summed E-state index contributed by atoms with van der Waals surface area (Å²) in [6, 6.07) is 18.3. The average molecular weight is 367 g/mol. The second kappa shape index (κ2) is 11.0. The molecule has 0 spiro atoms. The minimum absolute atomic E-state index is 0.489. The van der Waals surface area contributed by atoms with Gasteiger partial charge in [0.2, 0.25) is 0 Å². The van der Waals surface area contributed by atoms with Gasteiger partial charge in [0.05, 0.1) is 0 Å². The first kappa shape index (κ1) is 21.3. The van der Waals surface area contributed by atoms with Gasteiger partial charge in [-0.15, -0.1) is 0 Å². The maximum Gasteiger partial charge on any atom is 0.0361 e. The zero-order valence-electron chi connectivity index (χ0n) is 18.0. The van der Waals surface area contributed by atoms with E-state index in [1.165, 1.54) is 67.4 Å². The summed E-state index contributed by atoms with van der Waals surface area (Å²) in [5, 5.41) is 0. The lowest BCUT2D eigenvalue weighted by atomic mass is 9.86. The van der Waals surface area contributed by atoms with E-state index >= 15 is 0 Å². The molecule has 0 aliphatic carbocycles. The van der Waals surface area contributed by atoms with Crippen LogP contribution in [0.5, 0.6) is 0 Å². The largest absolute Gasteiger partial charge is 0.378 e. The summed E-state index contributed by atoms with van der Waals surface area (Å²) in [5.41, 5.74) is 5.40. The number of rotatable bonds is 11. The van der Waals surface area contributed by atoms with Gasteiger partial charge in [-0.2, -0.15) is 0 Å². The molecule has 0 bridgehead atoms. The zero-order chi connectivity index (χ0) is 19.6. The van der Waals surface area contributed by atoms with Gasteiger partial charge in [0, 0.05) is 45.5 Å². The third-order valence-corrected chi connectivity index (χ3v) is 5.47. The first-order valence-electron chi connectivity index (χ1n) is 10.6. The third-order valence-electron chi connectivity index (χ3n) is 5.47. The highest BCUT2D eigenvalue weighted by Gasteiger charge is 2.14. The molecule has 0 aliphatic rings. The van der Waals surface area contributed by atoms with Crippen molar-refractivity contribution in [3.8, 4) is 0 Å². The number of benzene rings is 2. The van der Waals surface area contributed by atoms with E-state index in [9.17, 15) is 0 Å². The average Bonchev–Trinajstić information content (AvgIpc) is 2.68. The van der Waals surface area contributed by atoms with Crippen molar-refractivity contribution in [2.45, 2.75) is 57.8 Å². The summed E-state index contributed by atoms with van der Waals surface area (Å²) >= 11 is 0. The van der Waals surface area contributed by atoms with Crippen LogP contribution in [0.4, 0.5) is 11.4 Å². The van der Waals surface area contributed by atoms with Crippen LogP contribution in [0.1, 0.15) is 68.9 Å². The summed E-state index contributed by atoms with van der Waals surface area (Å²) in [6.07, 6.45) is 9.34. The Balaban J connectivity index is 2.12. The number of anilines is 2. The maximum atomic E-state index is 2.32. The van der Waals surface area contributed by atoms with Crippen LogP contribution in [0, 0.1) is 0 Å². The Morgan fingerprint density at radius 3 is 1.41 bits per heavy atom. The van der Waals surface area contributed by atoms with Crippen molar-refractivity contribution < 1.29 is 0 Å². The summed E-state index contributed by atoms with van der Waals surface area (Å²) in [5.74, 6) is 0.489. The highest BCUT2D eigenvalue weighted by molar-refractivity contribution is 5.50. The van der Waals surface area contributed by atoms with Crippen LogP contribution in [0.25, 0.3) is 0 Å². The second-order valence-corrected chi connectivity index (χ2v) is 8.08. The Kier molecular flexibility index (Phi) is 8.71. The third kappa shape index (κ3) is 6.61. The van der Waals surface area contributed by atoms with Crippen LogP contribution in [-0.4, -0.2) is 28.2 Å². The van der Waals surface area contributed by atoms with Gasteiger partial charge in [-0.3, -0.25) is 0 Å². The van der Waals surface area contributed by atoms with Gasteiger partial charge in [0.15, 0.2) is 0 Å². The van der Waals surface area contributed by atoms with Gasteiger partial charge in [-0.25, -0.2) is 0 Å². The zero-order valence-corrected chi connectivity index (χ0v) is 18.0. The first-order chi connectivity index (χ1) is 13.0. The molecule has 0 heterocycles. The fourth-order valence-corrected chi connectivity index (χ4v) is 3.66. The Labute approximate surface area is 167 Å². The van der Waals surface area contributed by atoms with Crippen LogP contribution >= 0.6 is 0 Å². The maximum absolute atomic E-state index is 2.32. The summed E-state index contributed by atoms with van der Waals surface area (Å²) in [4.78, 5) is 4.33. The molecule has 2 heteroatoms. The smallest absolute Gasteiger partial charge is 0.0361 e. The van der Waals surface area contributed by atoms with Crippen molar-refractivity contribution >= 4 is 11.4 Å². The van der Waals surface area contributed by atoms with Crippen LogP contribution < -0.4 is 9.80 Å². The van der Waals surface area contributed by atoms with Crippen molar-refractivity contribution in [1.29, 1.82) is 0 Å². The topological polar surface area (TPSA) is 6.48 Å². The van der Waals surface area contributed by atoms with E-state index in [1.807, 2.05) is 0 Å². The van der Waals surface area contributed by atoms with Crippen molar-refractivity contribution in [1.82, 2.24) is 0 Å². The molecule has 0 radical (unpaired) electrons. The van der Waals surface area contributed by atoms with Crippen molar-refractivity contribution in [3.05, 3.63) is 59.7 Å². The van der Waals surface area contributed by atoms with Crippen molar-refractivity contribution in [3.63, 3.8) is 0 Å². The minimum Gasteiger partial charge on any atom is -0.378 e. The molecule has 0 saturated carbocycles. The van der Waals surface area contributed by atoms with Crippen LogP contribution in [0.2, 0.25) is 0 Å². The van der Waals surface area contributed by atoms with Crippen molar-refractivity contribution in [2.75, 3.05) is 38.0 Å². The quantitative estimate of drug-likeness (QED) is 0.408. The Hall–Kier alpha value is -1.96. The summed E-state index contributed by atoms with van der Waals surface area (Å²) < 4.78 is 0. The monoisotopic (exact) mass is 366 g/mol. The normalized spacial score (nSPS) is 11.0. The lowest BCUT2D eigenvalue weighted by Crippen LogP contribution is -2.10. The molecular weight excluding hydrogens is 328 g/mol. The van der Waals surface area contributed by atoms with Crippen LogP contribution in [-0.2, 0) is 0 Å². The molecule has 2 rings (SSSR count). The SMILES string of the molecule is CCCCCCCCC(c1ccc(N(C)C)cc1)c1ccc(N(C)C)cc1. The Morgan fingerprint density at radius 2 is 1.00 bits per heavy atom. The first-order valence-corrected chi connectivity index (χ1v) is 10.6. The number of hydrogen-bond donors (Lipinski definition) is 0. The number of nitrogens with zero attached hydrogens (tertiary/aromatic N) is 2. The highest BCUT2D eigenvalue weighted by atomic mass is 15.1. The molecule has 2 aromatic rings. The van der Waals surface area contributed by atoms with E-state index in [0.29, 0.717) is 5.92 Å². The van der Waals surface area contributed by atoms with E-state index in [1.54, 1.807) is 0 Å². The van der Waals surface area contributed by atoms with Gasteiger partial charge in [0.1, 0.15) is 0 Å². The van der Waals surface area contributed by atoms with E-state index < -0.39 is 0 Å². The predicted octanol–water partition coefficient (Wildman–Crippen LogP) is 6.70. The molecule has 0 aliphatic heterocycles. The minimum atomic E-state index is 0.489. The molecule has 2 aromatic carbocycles. The lowest BCUT2D eigenvalue weighted by molar-refractivity contribution is 0.568. The van der Waals surface area contributed by atoms with E-state index in [-0.39, 0.29) is 0 Å². The molecule has 0 atom stereocenters. The molecule has 27 heavy (non-hydrogen) atoms. The van der Waals surface area contributed by atoms with Gasteiger partial charge in [-0.1, -0.05) is 69.7 Å². The Morgan fingerprint density at radius 1 is 0.593 bits per heavy atom. The molecule has 0 saturated heterocycles. The van der Waals surface area contributed by atoms with Gasteiger partial charge in [-0.05, 0) is 41.8 Å². The van der Waals surface area contributed by atoms with Gasteiger partial charge in [0.25, 0.3) is 0 Å². The van der Waals surface area contributed by atoms with Gasteiger partial charge < -0.3 is 9.80 Å². The Bertz CT molecular complexity index is 590. The number of unbranched alkanes of at least 4 members (excludes halogenated alkanes) is 5. The number of hydrogen-bond acceptors (Lipinski definition) is 2. The van der Waals surface area contributed by atoms with Crippen LogP contribution in [0.15, 0.2) is 48.5 Å². The van der Waals surface area contributed by atoms with E-state index in [4.69, 9.17) is 0 Å². The molecule has 148 valence electrons. The van der Waals surface area contributed by atoms with E-state index in [0.717, 1.165) is 0 Å². The van der Waals surface area contributed by atoms with Gasteiger partial charge >= 0.3 is 0 Å². The summed E-state index contributed by atoms with van der Waals surface area (Å²) in [7, 11) is 8.40. The standard InChI is InChI=1S/C25H38N2/c1-6-7-8-9-10-11-12-25(21-13-17-23(18-14-21)26(2)3)22-15-19-24(20-16-22)27(4)5/h13-20,25H,6-12H2,1-5H3. The van der Waals surface area contributed by atoms with Crippen molar-refractivity contribution in [2.24, 2.45) is 0 Å². The fourth-order valence-electron chi connectivity index (χ4n) is 3.66. The van der Waals surface area contributed by atoms with Crippen LogP contribution in [0.3, 0.4) is 0 Å². The fraction of sp³-hybridized carbons (Fsp3) is 0.520. The molecule has 0 N–H and O–H groups in total. The molecule has 0 fully saturated rings. The second-order valence-electron chi connectivity index (χ2n) is 8.08. The van der Waals surface area contributed by atoms with E-state index in [2.05, 4.69) is 93.4 Å². The molecular formula is C25H38N2. The predicted molar refractivity (Wildman–Crippen MR) is 121 cm³/mol. The molecule has 0 amide bonds. The lowest BCUT2D eigenvalue weighted by Gasteiger charge is -2.21. The molecule has 0 unspecified atom stereocenters. The molecule has 2 nitrogen and oxygen atoms in total. The summed E-state index contributed by atoms with van der Waals surface area (Å²) in [6.45, 7) is 2.28. The highest BCUT2D eigenvalue weighted by Crippen LogP contribution is 2.32.